The predicted molar refractivity (Wildman–Crippen MR) is 126 cm³/mol. The van der Waals surface area contributed by atoms with E-state index in [-0.39, 0.29) is 16.3 Å². The number of rotatable bonds is 8. The molecule has 0 unspecified atom stereocenters. The molecule has 3 aromatic carbocycles. The van der Waals surface area contributed by atoms with E-state index in [9.17, 15) is 13.2 Å². The van der Waals surface area contributed by atoms with Gasteiger partial charge in [-0.25, -0.2) is 12.7 Å². The zero-order valence-corrected chi connectivity index (χ0v) is 19.5. The number of thioether (sulfide) groups is 1. The highest BCUT2D eigenvalue weighted by Gasteiger charge is 2.31. The average molecular weight is 476 g/mol. The lowest BCUT2D eigenvalue weighted by Gasteiger charge is -2.23. The number of halogens is 1. The lowest BCUT2D eigenvalue weighted by molar-refractivity contribution is -0.115. The highest BCUT2D eigenvalue weighted by atomic mass is 35.5. The van der Waals surface area contributed by atoms with Crippen LogP contribution >= 0.6 is 23.4 Å². The number of amides is 1. The van der Waals surface area contributed by atoms with Gasteiger partial charge in [-0.1, -0.05) is 29.3 Å². The van der Waals surface area contributed by atoms with Crippen LogP contribution in [0.3, 0.4) is 0 Å². The number of nitrogens with zero attached hydrogens (tertiary/aromatic N) is 1. The zero-order valence-electron chi connectivity index (χ0n) is 17.1. The summed E-state index contributed by atoms with van der Waals surface area (Å²) in [5, 5.41) is 0.410. The summed E-state index contributed by atoms with van der Waals surface area (Å²) in [4.78, 5) is 14.0. The summed E-state index contributed by atoms with van der Waals surface area (Å²) in [6.45, 7) is 4.32. The fourth-order valence-electron chi connectivity index (χ4n) is 2.81. The van der Waals surface area contributed by atoms with Crippen molar-refractivity contribution >= 4 is 45.0 Å². The van der Waals surface area contributed by atoms with Gasteiger partial charge >= 0.3 is 0 Å². The van der Waals surface area contributed by atoms with Gasteiger partial charge in [-0.15, -0.1) is 11.8 Å². The quantitative estimate of drug-likeness (QED) is 0.399. The van der Waals surface area contributed by atoms with Crippen molar-refractivity contribution in [3.8, 4) is 5.75 Å². The second-order valence-corrected chi connectivity index (χ2v) is 9.92. The Morgan fingerprint density at radius 3 is 2.16 bits per heavy atom. The van der Waals surface area contributed by atoms with Crippen LogP contribution < -0.4 is 9.04 Å². The maximum absolute atomic E-state index is 13.4. The lowest BCUT2D eigenvalue weighted by atomic mass is 10.2. The van der Waals surface area contributed by atoms with Crippen molar-refractivity contribution in [2.45, 2.75) is 23.6 Å². The number of benzene rings is 3. The number of carbonyl (C=O) groups excluding carboxylic acids is 1. The molecule has 8 heteroatoms. The minimum Gasteiger partial charge on any atom is -0.494 e. The number of aryl methyl sites for hydroxylation is 1. The standard InChI is InChI=1S/C23H22ClNO4S2/c1-3-29-20-10-8-19(9-11-20)25(31(27,28)22-14-6-18(24)7-15-22)23(26)16-30-21-12-4-17(2)5-13-21/h4-15H,3,16H2,1-2H3. The summed E-state index contributed by atoms with van der Waals surface area (Å²) in [7, 11) is -4.14. The third-order valence-corrected chi connectivity index (χ3v) is 7.36. The first-order valence-corrected chi connectivity index (χ1v) is 12.4. The Morgan fingerprint density at radius 1 is 0.968 bits per heavy atom. The summed E-state index contributed by atoms with van der Waals surface area (Å²) in [5.74, 6) is 0.00423. The van der Waals surface area contributed by atoms with Gasteiger partial charge in [0, 0.05) is 9.92 Å². The fraction of sp³-hybridized carbons (Fsp3) is 0.174. The molecule has 0 heterocycles. The van der Waals surface area contributed by atoms with Gasteiger partial charge in [-0.05, 0) is 74.5 Å². The number of carbonyl (C=O) groups is 1. The normalized spacial score (nSPS) is 11.2. The van der Waals surface area contributed by atoms with Crippen LogP contribution in [0.4, 0.5) is 5.69 Å². The second kappa shape index (κ2) is 10.2. The van der Waals surface area contributed by atoms with Crippen molar-refractivity contribution in [3.05, 3.63) is 83.4 Å². The summed E-state index contributed by atoms with van der Waals surface area (Å²) in [5.41, 5.74) is 1.35. The van der Waals surface area contributed by atoms with E-state index in [1.807, 2.05) is 38.1 Å². The lowest BCUT2D eigenvalue weighted by Crippen LogP contribution is -2.38. The molecule has 0 aliphatic rings. The summed E-state index contributed by atoms with van der Waals surface area (Å²) in [6, 6.07) is 19.9. The topological polar surface area (TPSA) is 63.7 Å². The Hall–Kier alpha value is -2.48. The smallest absolute Gasteiger partial charge is 0.270 e. The van der Waals surface area contributed by atoms with Crippen LogP contribution in [0.5, 0.6) is 5.75 Å². The van der Waals surface area contributed by atoms with E-state index in [4.69, 9.17) is 16.3 Å². The molecule has 0 saturated carbocycles. The number of sulfonamides is 1. The molecule has 162 valence electrons. The van der Waals surface area contributed by atoms with Crippen molar-refractivity contribution < 1.29 is 17.9 Å². The van der Waals surface area contributed by atoms with Gasteiger partial charge in [0.25, 0.3) is 15.9 Å². The van der Waals surface area contributed by atoms with Crippen molar-refractivity contribution in [2.24, 2.45) is 0 Å². The summed E-state index contributed by atoms with van der Waals surface area (Å²) < 4.78 is 33.0. The molecular formula is C23H22ClNO4S2. The molecular weight excluding hydrogens is 454 g/mol. The van der Waals surface area contributed by atoms with E-state index in [2.05, 4.69) is 0 Å². The maximum Gasteiger partial charge on any atom is 0.270 e. The number of ether oxygens (including phenoxy) is 1. The van der Waals surface area contributed by atoms with Crippen molar-refractivity contribution in [3.63, 3.8) is 0 Å². The monoisotopic (exact) mass is 475 g/mol. The first kappa shape index (κ1) is 23.2. The van der Waals surface area contributed by atoms with Crippen LogP contribution in [-0.4, -0.2) is 26.7 Å². The molecule has 0 radical (unpaired) electrons. The maximum atomic E-state index is 13.4. The van der Waals surface area contributed by atoms with E-state index < -0.39 is 15.9 Å². The SMILES string of the molecule is CCOc1ccc(N(C(=O)CSc2ccc(C)cc2)S(=O)(=O)c2ccc(Cl)cc2)cc1. The second-order valence-electron chi connectivity index (χ2n) is 6.65. The van der Waals surface area contributed by atoms with Gasteiger partial charge in [0.15, 0.2) is 0 Å². The van der Waals surface area contributed by atoms with Crippen molar-refractivity contribution in [1.29, 1.82) is 0 Å². The molecule has 1 amide bonds. The van der Waals surface area contributed by atoms with E-state index >= 15 is 0 Å². The molecule has 0 aliphatic carbocycles. The number of hydrogen-bond donors (Lipinski definition) is 0. The minimum atomic E-state index is -4.14. The largest absolute Gasteiger partial charge is 0.494 e. The van der Waals surface area contributed by atoms with E-state index in [1.165, 1.54) is 36.0 Å². The molecule has 5 nitrogen and oxygen atoms in total. The first-order chi connectivity index (χ1) is 14.8. The van der Waals surface area contributed by atoms with Gasteiger partial charge in [-0.2, -0.15) is 0 Å². The molecule has 3 aromatic rings. The van der Waals surface area contributed by atoms with Crippen LogP contribution in [0.1, 0.15) is 12.5 Å². The Morgan fingerprint density at radius 2 is 1.58 bits per heavy atom. The predicted octanol–water partition coefficient (Wildman–Crippen LogP) is 5.56. The van der Waals surface area contributed by atoms with Gasteiger partial charge in [0.05, 0.1) is 22.9 Å². The van der Waals surface area contributed by atoms with Gasteiger partial charge < -0.3 is 4.74 Å². The Balaban J connectivity index is 1.93. The van der Waals surface area contributed by atoms with Gasteiger partial charge in [-0.3, -0.25) is 4.79 Å². The van der Waals surface area contributed by atoms with Crippen LogP contribution in [0.25, 0.3) is 0 Å². The molecule has 0 aromatic heterocycles. The molecule has 0 saturated heterocycles. The van der Waals surface area contributed by atoms with Crippen LogP contribution in [0.15, 0.2) is 82.6 Å². The molecule has 3 rings (SSSR count). The van der Waals surface area contributed by atoms with E-state index in [1.54, 1.807) is 24.3 Å². The molecule has 0 atom stereocenters. The molecule has 0 aliphatic heterocycles. The number of hydrogen-bond acceptors (Lipinski definition) is 5. The Labute approximate surface area is 192 Å². The van der Waals surface area contributed by atoms with Crippen molar-refractivity contribution in [2.75, 3.05) is 16.7 Å². The molecule has 0 fully saturated rings. The molecule has 0 bridgehead atoms. The van der Waals surface area contributed by atoms with Gasteiger partial charge in [0.1, 0.15) is 5.75 Å². The third-order valence-electron chi connectivity index (χ3n) is 4.34. The number of anilines is 1. The van der Waals surface area contributed by atoms with Crippen LogP contribution in [-0.2, 0) is 14.8 Å². The summed E-state index contributed by atoms with van der Waals surface area (Å²) in [6.07, 6.45) is 0. The summed E-state index contributed by atoms with van der Waals surface area (Å²) >= 11 is 7.19. The van der Waals surface area contributed by atoms with Gasteiger partial charge in [0.2, 0.25) is 0 Å². The Kier molecular flexibility index (Phi) is 7.64. The Bertz CT molecular complexity index is 1130. The zero-order chi connectivity index (χ0) is 22.4. The molecule has 31 heavy (non-hydrogen) atoms. The first-order valence-electron chi connectivity index (χ1n) is 9.57. The van der Waals surface area contributed by atoms with Crippen LogP contribution in [0.2, 0.25) is 5.02 Å². The molecule has 0 N–H and O–H groups in total. The van der Waals surface area contributed by atoms with E-state index in [0.717, 1.165) is 14.8 Å². The van der Waals surface area contributed by atoms with Crippen LogP contribution in [0, 0.1) is 6.92 Å². The highest BCUT2D eigenvalue weighted by molar-refractivity contribution is 8.00. The average Bonchev–Trinajstić information content (AvgIpc) is 2.75. The van der Waals surface area contributed by atoms with E-state index in [0.29, 0.717) is 17.4 Å². The highest BCUT2D eigenvalue weighted by Crippen LogP contribution is 2.29. The van der Waals surface area contributed by atoms with Crippen molar-refractivity contribution in [1.82, 2.24) is 0 Å². The molecule has 0 spiro atoms. The minimum absolute atomic E-state index is 0.0144. The fourth-order valence-corrected chi connectivity index (χ4v) is 5.19. The third kappa shape index (κ3) is 5.81.